The van der Waals surface area contributed by atoms with E-state index in [1.54, 1.807) is 24.2 Å². The van der Waals surface area contributed by atoms with Gasteiger partial charge in [-0.25, -0.2) is 4.98 Å². The summed E-state index contributed by atoms with van der Waals surface area (Å²) in [6.45, 7) is 0.892. The molecule has 2 N–H and O–H groups in total. The minimum atomic E-state index is 0.576. The van der Waals surface area contributed by atoms with Gasteiger partial charge in [-0.3, -0.25) is 4.68 Å². The summed E-state index contributed by atoms with van der Waals surface area (Å²) in [5, 5.41) is 4.11. The van der Waals surface area contributed by atoms with Crippen molar-refractivity contribution >= 4 is 29.1 Å². The molecule has 80 valence electrons. The Kier molecular flexibility index (Phi) is 3.57. The Hall–Kier alpha value is -1.08. The van der Waals surface area contributed by atoms with Crippen LogP contribution < -0.4 is 5.73 Å². The summed E-state index contributed by atoms with van der Waals surface area (Å²) >= 11 is 3.16. The lowest BCUT2D eigenvalue weighted by molar-refractivity contribution is 0.608. The molecule has 0 fully saturated rings. The number of thioether (sulfide) groups is 1. The van der Waals surface area contributed by atoms with Crippen LogP contribution in [-0.4, -0.2) is 24.9 Å². The Labute approximate surface area is 95.9 Å². The van der Waals surface area contributed by atoms with Crippen molar-refractivity contribution in [3.63, 3.8) is 0 Å². The molecule has 0 spiro atoms. The summed E-state index contributed by atoms with van der Waals surface area (Å²) in [6, 6.07) is 1.80. The zero-order valence-electron chi connectivity index (χ0n) is 8.04. The minimum absolute atomic E-state index is 0.576. The lowest BCUT2D eigenvalue weighted by Gasteiger charge is -1.99. The first-order valence-corrected chi connectivity index (χ1v) is 6.29. The van der Waals surface area contributed by atoms with Gasteiger partial charge >= 0.3 is 0 Å². The fourth-order valence-corrected chi connectivity index (χ4v) is 2.55. The average Bonchev–Trinajstić information content (AvgIpc) is 2.84. The zero-order valence-corrected chi connectivity index (χ0v) is 9.67. The largest absolute Gasteiger partial charge is 0.382 e. The van der Waals surface area contributed by atoms with Crippen LogP contribution in [0.3, 0.4) is 0 Å². The van der Waals surface area contributed by atoms with Crippen molar-refractivity contribution in [3.8, 4) is 0 Å². The van der Waals surface area contributed by atoms with E-state index in [1.807, 2.05) is 10.9 Å². The number of hydrogen-bond acceptors (Lipinski definition) is 6. The topological polar surface area (TPSA) is 69.6 Å². The number of aryl methyl sites for hydroxylation is 1. The molecule has 0 atom stereocenters. The Balaban J connectivity index is 1.67. The first-order valence-electron chi connectivity index (χ1n) is 4.53. The standard InChI is InChI=1S/C8H11N5S2/c9-7-2-4-13(12-7)3-1-5-14-8-10-6-11-15-8/h2,4,6H,1,3,5H2,(H2,9,12). The molecule has 0 saturated heterocycles. The molecule has 0 bridgehead atoms. The van der Waals surface area contributed by atoms with Gasteiger partial charge in [-0.05, 0) is 24.0 Å². The van der Waals surface area contributed by atoms with E-state index in [1.165, 1.54) is 11.5 Å². The van der Waals surface area contributed by atoms with E-state index in [0.717, 1.165) is 23.1 Å². The average molecular weight is 241 g/mol. The Bertz CT molecular complexity index is 397. The molecule has 0 unspecified atom stereocenters. The molecule has 0 radical (unpaired) electrons. The second kappa shape index (κ2) is 5.13. The molecule has 0 saturated carbocycles. The summed E-state index contributed by atoms with van der Waals surface area (Å²) < 4.78 is 6.82. The van der Waals surface area contributed by atoms with Gasteiger partial charge in [0.1, 0.15) is 12.1 Å². The van der Waals surface area contributed by atoms with Crippen molar-refractivity contribution in [2.24, 2.45) is 0 Å². The maximum Gasteiger partial charge on any atom is 0.169 e. The molecule has 7 heteroatoms. The Morgan fingerprint density at radius 2 is 2.47 bits per heavy atom. The van der Waals surface area contributed by atoms with Crippen molar-refractivity contribution in [1.29, 1.82) is 0 Å². The third-order valence-electron chi connectivity index (χ3n) is 1.76. The van der Waals surface area contributed by atoms with Gasteiger partial charge in [0, 0.05) is 18.5 Å². The molecule has 15 heavy (non-hydrogen) atoms. The summed E-state index contributed by atoms with van der Waals surface area (Å²) in [5.74, 6) is 1.60. The summed E-state index contributed by atoms with van der Waals surface area (Å²) in [6.07, 6.45) is 4.53. The fourth-order valence-electron chi connectivity index (χ4n) is 1.11. The van der Waals surface area contributed by atoms with E-state index in [9.17, 15) is 0 Å². The van der Waals surface area contributed by atoms with Crippen LogP contribution in [0.25, 0.3) is 0 Å². The van der Waals surface area contributed by atoms with E-state index >= 15 is 0 Å². The van der Waals surface area contributed by atoms with Crippen LogP contribution in [0.5, 0.6) is 0 Å². The van der Waals surface area contributed by atoms with E-state index < -0.39 is 0 Å². The monoisotopic (exact) mass is 241 g/mol. The molecule has 5 nitrogen and oxygen atoms in total. The fraction of sp³-hybridized carbons (Fsp3) is 0.375. The number of anilines is 1. The number of nitrogens with zero attached hydrogens (tertiary/aromatic N) is 4. The number of nitrogens with two attached hydrogens (primary N) is 1. The molecule has 0 aliphatic rings. The SMILES string of the molecule is Nc1ccn(CCCSc2ncns2)n1. The second-order valence-corrected chi connectivity index (χ2v) is 5.03. The molecule has 2 heterocycles. The van der Waals surface area contributed by atoms with E-state index in [4.69, 9.17) is 5.73 Å². The van der Waals surface area contributed by atoms with Gasteiger partial charge in [-0.2, -0.15) is 9.47 Å². The first-order chi connectivity index (χ1) is 7.34. The quantitative estimate of drug-likeness (QED) is 0.634. The van der Waals surface area contributed by atoms with E-state index in [0.29, 0.717) is 5.82 Å². The van der Waals surface area contributed by atoms with Crippen LogP contribution in [0.4, 0.5) is 5.82 Å². The predicted octanol–water partition coefficient (Wildman–Crippen LogP) is 1.50. The second-order valence-electron chi connectivity index (χ2n) is 2.91. The van der Waals surface area contributed by atoms with Crippen molar-refractivity contribution in [2.75, 3.05) is 11.5 Å². The molecule has 2 aromatic rings. The predicted molar refractivity (Wildman–Crippen MR) is 61.9 cm³/mol. The van der Waals surface area contributed by atoms with Gasteiger partial charge in [0.2, 0.25) is 0 Å². The highest BCUT2D eigenvalue weighted by atomic mass is 32.2. The van der Waals surface area contributed by atoms with Crippen LogP contribution in [0.15, 0.2) is 22.9 Å². The van der Waals surface area contributed by atoms with Crippen LogP contribution in [0.1, 0.15) is 6.42 Å². The molecular weight excluding hydrogens is 230 g/mol. The molecule has 0 aliphatic carbocycles. The van der Waals surface area contributed by atoms with Crippen LogP contribution in [-0.2, 0) is 6.54 Å². The van der Waals surface area contributed by atoms with E-state index in [-0.39, 0.29) is 0 Å². The lowest BCUT2D eigenvalue weighted by Crippen LogP contribution is -2.00. The number of nitrogen functional groups attached to an aromatic ring is 1. The van der Waals surface area contributed by atoms with Gasteiger partial charge in [0.25, 0.3) is 0 Å². The highest BCUT2D eigenvalue weighted by Gasteiger charge is 1.98. The zero-order chi connectivity index (χ0) is 10.5. The van der Waals surface area contributed by atoms with E-state index in [2.05, 4.69) is 14.5 Å². The maximum absolute atomic E-state index is 5.51. The maximum atomic E-state index is 5.51. The van der Waals surface area contributed by atoms with Crippen molar-refractivity contribution in [2.45, 2.75) is 17.3 Å². The summed E-state index contributed by atoms with van der Waals surface area (Å²) in [5.41, 5.74) is 5.51. The van der Waals surface area contributed by atoms with Gasteiger partial charge in [0.05, 0.1) is 0 Å². The van der Waals surface area contributed by atoms with Gasteiger partial charge in [0.15, 0.2) is 4.34 Å². The molecule has 0 amide bonds. The van der Waals surface area contributed by atoms with Crippen LogP contribution >= 0.6 is 23.3 Å². The molecular formula is C8H11N5S2. The Morgan fingerprint density at radius 3 is 3.13 bits per heavy atom. The van der Waals surface area contributed by atoms with Gasteiger partial charge in [-0.1, -0.05) is 11.8 Å². The van der Waals surface area contributed by atoms with Crippen LogP contribution in [0.2, 0.25) is 0 Å². The van der Waals surface area contributed by atoms with Gasteiger partial charge in [-0.15, -0.1) is 0 Å². The number of aromatic nitrogens is 4. The number of rotatable bonds is 5. The number of hydrogen-bond donors (Lipinski definition) is 1. The molecule has 0 aromatic carbocycles. The summed E-state index contributed by atoms with van der Waals surface area (Å²) in [7, 11) is 0. The molecule has 2 aromatic heterocycles. The summed E-state index contributed by atoms with van der Waals surface area (Å²) in [4.78, 5) is 4.09. The highest BCUT2D eigenvalue weighted by Crippen LogP contribution is 2.18. The smallest absolute Gasteiger partial charge is 0.169 e. The van der Waals surface area contributed by atoms with Crippen molar-refractivity contribution in [3.05, 3.63) is 18.6 Å². The van der Waals surface area contributed by atoms with Gasteiger partial charge < -0.3 is 5.73 Å². The third-order valence-corrected chi connectivity index (χ3v) is 3.64. The normalized spacial score (nSPS) is 10.7. The molecule has 0 aliphatic heterocycles. The van der Waals surface area contributed by atoms with Crippen LogP contribution in [0, 0.1) is 0 Å². The van der Waals surface area contributed by atoms with Crippen molar-refractivity contribution in [1.82, 2.24) is 19.1 Å². The lowest BCUT2D eigenvalue weighted by atomic mass is 10.5. The minimum Gasteiger partial charge on any atom is -0.382 e. The third kappa shape index (κ3) is 3.21. The first kappa shape index (κ1) is 10.4. The van der Waals surface area contributed by atoms with Crippen molar-refractivity contribution < 1.29 is 0 Å². The molecule has 2 rings (SSSR count). The Morgan fingerprint density at radius 1 is 1.53 bits per heavy atom. The highest BCUT2D eigenvalue weighted by molar-refractivity contribution is 8.00.